The van der Waals surface area contributed by atoms with Gasteiger partial charge in [0.25, 0.3) is 0 Å². The monoisotopic (exact) mass is 853 g/mol. The van der Waals surface area contributed by atoms with Crippen LogP contribution in [0, 0.1) is 0 Å². The third-order valence-electron chi connectivity index (χ3n) is 11.0. The summed E-state index contributed by atoms with van der Waals surface area (Å²) in [6.45, 7) is 4.73. The van der Waals surface area contributed by atoms with Gasteiger partial charge in [-0.05, 0) is 89.2 Å². The Hall–Kier alpha value is -1.45. The van der Waals surface area contributed by atoms with Crippen LogP contribution in [0.25, 0.3) is 0 Å². The molecule has 0 atom stereocenters. The Bertz CT molecular complexity index is 1310. The van der Waals surface area contributed by atoms with Crippen LogP contribution in [0.1, 0.15) is 253 Å². The second-order valence-corrected chi connectivity index (χ2v) is 17.7. The van der Waals surface area contributed by atoms with Crippen molar-refractivity contribution in [3.63, 3.8) is 0 Å². The number of rotatable bonds is 41. The smallest absolute Gasteiger partial charge is 0.744 e. The zero-order valence-electron chi connectivity index (χ0n) is 38.3. The molecular weight excluding hydrogens is 768 g/mol. The van der Waals surface area contributed by atoms with Crippen molar-refractivity contribution in [2.24, 2.45) is 0 Å². The second-order valence-electron chi connectivity index (χ2n) is 16.4. The summed E-state index contributed by atoms with van der Waals surface area (Å²) in [6, 6.07) is 3.61. The fourth-order valence-corrected chi connectivity index (χ4v) is 8.05. The van der Waals surface area contributed by atoms with Gasteiger partial charge in [0.2, 0.25) is 0 Å². The normalized spacial score (nSPS) is 11.7. The van der Waals surface area contributed by atoms with Crippen LogP contribution in [0.5, 0.6) is 0 Å². The first-order valence-corrected chi connectivity index (χ1v) is 25.5. The van der Waals surface area contributed by atoms with E-state index in [0.717, 1.165) is 57.4 Å². The Morgan fingerprint density at radius 2 is 0.780 bits per heavy atom. The minimum absolute atomic E-state index is 0. The largest absolute Gasteiger partial charge is 1.00 e. The van der Waals surface area contributed by atoms with E-state index >= 15 is 0 Å². The van der Waals surface area contributed by atoms with Crippen LogP contribution in [-0.2, 0) is 19.6 Å². The summed E-state index contributed by atoms with van der Waals surface area (Å²) in [5.74, 6) is -1.84. The van der Waals surface area contributed by atoms with Gasteiger partial charge in [-0.3, -0.25) is 0 Å². The average Bonchev–Trinajstić information content (AvgIpc) is 3.21. The van der Waals surface area contributed by atoms with E-state index in [1.165, 1.54) is 166 Å². The van der Waals surface area contributed by atoms with Gasteiger partial charge in [0.15, 0.2) is 0 Å². The van der Waals surface area contributed by atoms with Gasteiger partial charge in [-0.2, -0.15) is 0 Å². The number of unbranched alkanes of at least 4 members (excludes halogenated alkanes) is 30. The first-order valence-electron chi connectivity index (χ1n) is 24.1. The molecule has 0 saturated heterocycles. The van der Waals surface area contributed by atoms with Crippen LogP contribution in [0.4, 0.5) is 0 Å². The molecule has 59 heavy (non-hydrogen) atoms. The SMILES string of the molecule is CCCCCCCCCCCCCC/C=C/CCCCCOC(=O)c1cccc(S(=O)(=O)[O-])c1C(=O)OCCCCC/C=C/CCCCCCCCCCCCCC.[Na+]. The fourth-order valence-electron chi connectivity index (χ4n) is 7.36. The number of esters is 2. The number of carbonyl (C=O) groups is 2. The van der Waals surface area contributed by atoms with Crippen molar-refractivity contribution in [1.82, 2.24) is 0 Å². The van der Waals surface area contributed by atoms with Crippen LogP contribution in [-0.4, -0.2) is 38.1 Å². The van der Waals surface area contributed by atoms with Crippen molar-refractivity contribution >= 4 is 22.1 Å². The average molecular weight is 853 g/mol. The maximum absolute atomic E-state index is 13.0. The van der Waals surface area contributed by atoms with E-state index < -0.39 is 32.5 Å². The Labute approximate surface area is 385 Å². The Balaban J connectivity index is 0.0000336. The maximum atomic E-state index is 13.0. The third kappa shape index (κ3) is 33.8. The summed E-state index contributed by atoms with van der Waals surface area (Å²) in [5, 5.41) is 0. The van der Waals surface area contributed by atoms with E-state index in [0.29, 0.717) is 12.8 Å². The van der Waals surface area contributed by atoms with Crippen LogP contribution in [0.2, 0.25) is 0 Å². The van der Waals surface area contributed by atoms with Gasteiger partial charge < -0.3 is 14.0 Å². The molecule has 0 bridgehead atoms. The molecular formula is C50H85NaO7S. The summed E-state index contributed by atoms with van der Waals surface area (Å²) in [7, 11) is -5.03. The van der Waals surface area contributed by atoms with E-state index in [1.54, 1.807) is 0 Å². The number of hydrogen-bond donors (Lipinski definition) is 0. The molecule has 7 nitrogen and oxygen atoms in total. The number of benzene rings is 1. The molecule has 0 aliphatic heterocycles. The quantitative estimate of drug-likeness (QED) is 0.0212. The Morgan fingerprint density at radius 3 is 1.12 bits per heavy atom. The van der Waals surface area contributed by atoms with E-state index in [9.17, 15) is 22.6 Å². The molecule has 0 N–H and O–H groups in total. The van der Waals surface area contributed by atoms with Crippen LogP contribution >= 0.6 is 0 Å². The summed E-state index contributed by atoms with van der Waals surface area (Å²) in [6.07, 6.45) is 50.6. The Morgan fingerprint density at radius 1 is 0.475 bits per heavy atom. The van der Waals surface area contributed by atoms with Crippen molar-refractivity contribution < 1.29 is 61.6 Å². The molecule has 0 heterocycles. The molecule has 0 aromatic heterocycles. The predicted molar refractivity (Wildman–Crippen MR) is 242 cm³/mol. The van der Waals surface area contributed by atoms with Gasteiger partial charge in [-0.1, -0.05) is 185 Å². The van der Waals surface area contributed by atoms with Crippen molar-refractivity contribution in [1.29, 1.82) is 0 Å². The molecule has 0 saturated carbocycles. The third-order valence-corrected chi connectivity index (χ3v) is 11.9. The first kappa shape index (κ1) is 57.5. The van der Waals surface area contributed by atoms with Gasteiger partial charge in [-0.15, -0.1) is 0 Å². The van der Waals surface area contributed by atoms with Gasteiger partial charge in [0, 0.05) is 0 Å². The van der Waals surface area contributed by atoms with Gasteiger partial charge in [0.05, 0.1) is 29.2 Å². The minimum atomic E-state index is -5.03. The molecule has 0 fully saturated rings. The van der Waals surface area contributed by atoms with Crippen LogP contribution in [0.3, 0.4) is 0 Å². The van der Waals surface area contributed by atoms with Gasteiger partial charge in [-0.25, -0.2) is 18.0 Å². The molecule has 0 amide bonds. The van der Waals surface area contributed by atoms with E-state index in [2.05, 4.69) is 38.2 Å². The van der Waals surface area contributed by atoms with Crippen molar-refractivity contribution in [3.8, 4) is 0 Å². The van der Waals surface area contributed by atoms with E-state index in [-0.39, 0.29) is 48.3 Å². The van der Waals surface area contributed by atoms with Crippen molar-refractivity contribution in [3.05, 3.63) is 53.6 Å². The molecule has 0 aliphatic carbocycles. The second kappa shape index (κ2) is 41.9. The van der Waals surface area contributed by atoms with E-state index in [4.69, 9.17) is 9.47 Å². The minimum Gasteiger partial charge on any atom is -0.744 e. The summed E-state index contributed by atoms with van der Waals surface area (Å²) in [4.78, 5) is 25.2. The molecule has 1 aromatic carbocycles. The number of carbonyl (C=O) groups excluding carboxylic acids is 2. The predicted octanol–water partition coefficient (Wildman–Crippen LogP) is 12.3. The van der Waals surface area contributed by atoms with Gasteiger partial charge >= 0.3 is 41.5 Å². The topological polar surface area (TPSA) is 110 Å². The van der Waals surface area contributed by atoms with Gasteiger partial charge in [0.1, 0.15) is 10.1 Å². The zero-order valence-corrected chi connectivity index (χ0v) is 41.1. The zero-order chi connectivity index (χ0) is 42.2. The first-order chi connectivity index (χ1) is 28.3. The number of hydrogen-bond acceptors (Lipinski definition) is 7. The molecule has 0 spiro atoms. The standard InChI is InChI=1S/C50H86O7S.Na/c1-3-5-7-9-11-13-15-17-19-21-23-25-27-29-31-33-35-37-39-44-56-49(51)46-42-41-43-47(58(53,54)55)48(46)50(52)57-45-40-38-36-34-32-30-28-26-24-22-20-18-16-14-12-10-8-6-4-2;/h29-32,41-43H,3-28,33-40,44-45H2,1-2H3,(H,53,54,55);/q;+1/p-1/b31-29+,32-30+;. The molecule has 0 aliphatic rings. The molecule has 0 unspecified atom stereocenters. The van der Waals surface area contributed by atoms with Crippen LogP contribution < -0.4 is 29.6 Å². The molecule has 1 aromatic rings. The summed E-state index contributed by atoms with van der Waals surface area (Å²) in [5.41, 5.74) is -0.803. The number of allylic oxidation sites excluding steroid dienone is 4. The molecule has 334 valence electrons. The summed E-state index contributed by atoms with van der Waals surface area (Å²) < 4.78 is 46.8. The fraction of sp³-hybridized carbons (Fsp3) is 0.760. The molecule has 1 rings (SSSR count). The van der Waals surface area contributed by atoms with Crippen molar-refractivity contribution in [2.45, 2.75) is 237 Å². The molecule has 0 radical (unpaired) electrons. The van der Waals surface area contributed by atoms with Crippen molar-refractivity contribution in [2.75, 3.05) is 13.2 Å². The maximum Gasteiger partial charge on any atom is 1.00 e. The van der Waals surface area contributed by atoms with E-state index in [1.807, 2.05) is 0 Å². The number of ether oxygens (including phenoxy) is 2. The Kier molecular flexibility index (Phi) is 40.9. The molecule has 9 heteroatoms. The van der Waals surface area contributed by atoms with Crippen LogP contribution in [0.15, 0.2) is 47.4 Å². The summed E-state index contributed by atoms with van der Waals surface area (Å²) >= 11 is 0.